The molecule has 1 aromatic rings. The van der Waals surface area contributed by atoms with Gasteiger partial charge in [0.15, 0.2) is 5.82 Å². The summed E-state index contributed by atoms with van der Waals surface area (Å²) in [6.07, 6.45) is 5.02. The van der Waals surface area contributed by atoms with Crippen LogP contribution < -0.4 is 11.1 Å². The first kappa shape index (κ1) is 21.2. The molecule has 2 aliphatic rings. The Morgan fingerprint density at radius 1 is 1.33 bits per heavy atom. The molecule has 2 heterocycles. The van der Waals surface area contributed by atoms with Crippen molar-refractivity contribution < 1.29 is 9.53 Å². The van der Waals surface area contributed by atoms with Gasteiger partial charge < -0.3 is 15.8 Å². The van der Waals surface area contributed by atoms with Gasteiger partial charge in [-0.3, -0.25) is 4.79 Å². The van der Waals surface area contributed by atoms with Gasteiger partial charge in [-0.05, 0) is 38.1 Å². The maximum atomic E-state index is 12.6. The molecule has 138 valence electrons. The minimum Gasteiger partial charge on any atom is -0.377 e. The van der Waals surface area contributed by atoms with Gasteiger partial charge in [-0.15, -0.1) is 24.8 Å². The quantitative estimate of drug-likeness (QED) is 0.809. The van der Waals surface area contributed by atoms with Crippen LogP contribution in [0.3, 0.4) is 0 Å². The normalized spacial score (nSPS) is 25.3. The van der Waals surface area contributed by atoms with E-state index >= 15 is 0 Å². The van der Waals surface area contributed by atoms with E-state index in [4.69, 9.17) is 10.5 Å². The van der Waals surface area contributed by atoms with E-state index in [0.717, 1.165) is 44.5 Å². The second-order valence-corrected chi connectivity index (χ2v) is 6.28. The van der Waals surface area contributed by atoms with Crippen LogP contribution >= 0.6 is 24.8 Å². The number of hydrogen-bond acceptors (Lipinski definition) is 5. The molecule has 0 saturated heterocycles. The molecule has 1 saturated carbocycles. The lowest BCUT2D eigenvalue weighted by Gasteiger charge is -2.26. The summed E-state index contributed by atoms with van der Waals surface area (Å²) in [6.45, 7) is 1.85. The number of amides is 1. The largest absolute Gasteiger partial charge is 0.377 e. The summed E-state index contributed by atoms with van der Waals surface area (Å²) in [7, 11) is 1.63. The zero-order chi connectivity index (χ0) is 15.5. The highest BCUT2D eigenvalue weighted by molar-refractivity contribution is 5.85. The Hall–Kier alpha value is -0.890. The molecule has 1 fully saturated rings. The Morgan fingerprint density at radius 3 is 2.83 bits per heavy atom. The van der Waals surface area contributed by atoms with Crippen molar-refractivity contribution in [3.05, 3.63) is 11.6 Å². The van der Waals surface area contributed by atoms with E-state index in [9.17, 15) is 4.79 Å². The Bertz CT molecular complexity index is 540. The van der Waals surface area contributed by atoms with Crippen LogP contribution in [0.1, 0.15) is 49.8 Å². The fourth-order valence-corrected chi connectivity index (χ4v) is 3.67. The van der Waals surface area contributed by atoms with E-state index < -0.39 is 0 Å². The van der Waals surface area contributed by atoms with Crippen molar-refractivity contribution in [2.45, 2.75) is 51.3 Å². The van der Waals surface area contributed by atoms with Gasteiger partial charge in [0.25, 0.3) is 0 Å². The highest BCUT2D eigenvalue weighted by Crippen LogP contribution is 2.32. The molecule has 0 bridgehead atoms. The Labute approximate surface area is 154 Å². The smallest absolute Gasteiger partial charge is 0.224 e. The summed E-state index contributed by atoms with van der Waals surface area (Å²) >= 11 is 0. The second-order valence-electron chi connectivity index (χ2n) is 6.28. The number of carbonyl (C=O) groups excluding carboxylic acids is 1. The molecule has 3 rings (SSSR count). The lowest BCUT2D eigenvalue weighted by Crippen LogP contribution is -2.39. The standard InChI is InChI=1S/C15H25N5O2.2ClH/c1-22-9-13-18-14-12(6-3-7-20(14)19-13)17-15(21)11-5-2-4-10(11)8-16;;/h10-12H,2-9,16H2,1H3,(H,17,21);2*1H/t10-,11-,12?;;/m1../s1. The zero-order valence-corrected chi connectivity index (χ0v) is 15.6. The first-order chi connectivity index (χ1) is 10.7. The molecule has 0 radical (unpaired) electrons. The number of aryl methyl sites for hydroxylation is 1. The van der Waals surface area contributed by atoms with Crippen LogP contribution in [-0.2, 0) is 22.7 Å². The topological polar surface area (TPSA) is 95.1 Å². The second kappa shape index (κ2) is 9.56. The molecule has 3 N–H and O–H groups in total. The highest BCUT2D eigenvalue weighted by atomic mass is 35.5. The Morgan fingerprint density at radius 2 is 2.12 bits per heavy atom. The molecule has 7 nitrogen and oxygen atoms in total. The summed E-state index contributed by atoms with van der Waals surface area (Å²) in [5.41, 5.74) is 5.79. The lowest BCUT2D eigenvalue weighted by molar-refractivity contribution is -0.127. The molecule has 3 atom stereocenters. The number of nitrogens with one attached hydrogen (secondary N) is 1. The third kappa shape index (κ3) is 4.39. The fourth-order valence-electron chi connectivity index (χ4n) is 3.67. The van der Waals surface area contributed by atoms with Gasteiger partial charge in [0, 0.05) is 19.6 Å². The van der Waals surface area contributed by atoms with Crippen molar-refractivity contribution in [3.8, 4) is 0 Å². The summed E-state index contributed by atoms with van der Waals surface area (Å²) < 4.78 is 6.99. The molecular formula is C15H27Cl2N5O2. The molecule has 1 amide bonds. The van der Waals surface area contributed by atoms with Gasteiger partial charge in [0.2, 0.25) is 5.91 Å². The number of hydrogen-bond donors (Lipinski definition) is 2. The molecule has 1 aliphatic carbocycles. The van der Waals surface area contributed by atoms with E-state index in [0.29, 0.717) is 24.9 Å². The molecule has 1 unspecified atom stereocenters. The number of rotatable bonds is 5. The van der Waals surface area contributed by atoms with Crippen molar-refractivity contribution in [1.82, 2.24) is 20.1 Å². The number of carbonyl (C=O) groups is 1. The predicted octanol–water partition coefficient (Wildman–Crippen LogP) is 1.59. The van der Waals surface area contributed by atoms with Crippen molar-refractivity contribution in [2.75, 3.05) is 13.7 Å². The van der Waals surface area contributed by atoms with E-state index in [-0.39, 0.29) is 42.7 Å². The minimum absolute atomic E-state index is 0. The van der Waals surface area contributed by atoms with E-state index in [2.05, 4.69) is 15.4 Å². The maximum absolute atomic E-state index is 12.6. The molecule has 24 heavy (non-hydrogen) atoms. The van der Waals surface area contributed by atoms with Crippen molar-refractivity contribution in [2.24, 2.45) is 17.6 Å². The van der Waals surface area contributed by atoms with E-state index in [1.807, 2.05) is 4.68 Å². The number of nitrogens with zero attached hydrogens (tertiary/aromatic N) is 3. The number of nitrogens with two attached hydrogens (primary N) is 1. The first-order valence-corrected chi connectivity index (χ1v) is 8.16. The average Bonchev–Trinajstić information content (AvgIpc) is 3.13. The highest BCUT2D eigenvalue weighted by Gasteiger charge is 2.34. The summed E-state index contributed by atoms with van der Waals surface area (Å²) in [4.78, 5) is 17.1. The van der Waals surface area contributed by atoms with Crippen LogP contribution in [0, 0.1) is 11.8 Å². The Kier molecular flexibility index (Phi) is 8.42. The lowest BCUT2D eigenvalue weighted by atomic mass is 9.94. The number of aromatic nitrogens is 3. The molecule has 0 spiro atoms. The third-order valence-electron chi connectivity index (χ3n) is 4.81. The van der Waals surface area contributed by atoms with Crippen LogP contribution in [0.15, 0.2) is 0 Å². The van der Waals surface area contributed by atoms with Crippen LogP contribution in [-0.4, -0.2) is 34.3 Å². The molecular weight excluding hydrogens is 353 g/mol. The van der Waals surface area contributed by atoms with Crippen molar-refractivity contribution in [3.63, 3.8) is 0 Å². The molecule has 1 aliphatic heterocycles. The zero-order valence-electron chi connectivity index (χ0n) is 13.9. The number of ether oxygens (including phenoxy) is 1. The predicted molar refractivity (Wildman–Crippen MR) is 95.2 cm³/mol. The molecule has 0 aromatic carbocycles. The van der Waals surface area contributed by atoms with Crippen LogP contribution in [0.2, 0.25) is 0 Å². The van der Waals surface area contributed by atoms with Gasteiger partial charge >= 0.3 is 0 Å². The fraction of sp³-hybridized carbons (Fsp3) is 0.800. The van der Waals surface area contributed by atoms with Gasteiger partial charge in [-0.25, -0.2) is 9.67 Å². The van der Waals surface area contributed by atoms with Gasteiger partial charge in [-0.2, -0.15) is 5.10 Å². The van der Waals surface area contributed by atoms with E-state index in [1.165, 1.54) is 0 Å². The van der Waals surface area contributed by atoms with Gasteiger partial charge in [0.05, 0.1) is 6.04 Å². The third-order valence-corrected chi connectivity index (χ3v) is 4.81. The van der Waals surface area contributed by atoms with Crippen molar-refractivity contribution >= 4 is 30.7 Å². The van der Waals surface area contributed by atoms with Crippen molar-refractivity contribution in [1.29, 1.82) is 0 Å². The van der Waals surface area contributed by atoms with Crippen LogP contribution in [0.5, 0.6) is 0 Å². The number of halogens is 2. The Balaban J connectivity index is 0.00000144. The van der Waals surface area contributed by atoms with Crippen LogP contribution in [0.25, 0.3) is 0 Å². The molecule has 1 aromatic heterocycles. The van der Waals surface area contributed by atoms with Gasteiger partial charge in [0.1, 0.15) is 12.4 Å². The van der Waals surface area contributed by atoms with Gasteiger partial charge in [-0.1, -0.05) is 6.42 Å². The number of methoxy groups -OCH3 is 1. The monoisotopic (exact) mass is 379 g/mol. The minimum atomic E-state index is -0.0432. The van der Waals surface area contributed by atoms with Crippen LogP contribution in [0.4, 0.5) is 0 Å². The maximum Gasteiger partial charge on any atom is 0.224 e. The SMILES string of the molecule is COCc1nc2n(n1)CCCC2NC(=O)[C@@H]1CCC[C@@H]1CN.Cl.Cl. The average molecular weight is 380 g/mol. The first-order valence-electron chi connectivity index (χ1n) is 8.16. The summed E-state index contributed by atoms with van der Waals surface area (Å²) in [5, 5.41) is 7.61. The molecule has 9 heteroatoms. The summed E-state index contributed by atoms with van der Waals surface area (Å²) in [6, 6.07) is -0.0432. The number of fused-ring (bicyclic) bond motifs is 1. The van der Waals surface area contributed by atoms with E-state index in [1.54, 1.807) is 7.11 Å². The summed E-state index contributed by atoms with van der Waals surface area (Å²) in [5.74, 6) is 2.04.